The predicted octanol–water partition coefficient (Wildman–Crippen LogP) is 4.07. The van der Waals surface area contributed by atoms with Gasteiger partial charge >= 0.3 is 0 Å². The van der Waals surface area contributed by atoms with E-state index in [1.807, 2.05) is 30.3 Å². The van der Waals surface area contributed by atoms with Crippen LogP contribution in [0.1, 0.15) is 17.2 Å². The molecule has 2 aromatic carbocycles. The topological polar surface area (TPSA) is 26.0 Å². The molecule has 2 aromatic rings. The molecule has 0 saturated heterocycles. The summed E-state index contributed by atoms with van der Waals surface area (Å²) in [6.07, 6.45) is 0. The van der Waals surface area contributed by atoms with E-state index < -0.39 is 17.7 Å². The van der Waals surface area contributed by atoms with Crippen LogP contribution in [0.5, 0.6) is 0 Å². The molecule has 1 atom stereocenters. The van der Waals surface area contributed by atoms with Gasteiger partial charge in [-0.2, -0.15) is 0 Å². The molecule has 0 aliphatic carbocycles. The van der Waals surface area contributed by atoms with Gasteiger partial charge in [0.1, 0.15) is 0 Å². The van der Waals surface area contributed by atoms with Crippen LogP contribution in [0.4, 0.5) is 8.78 Å². The molecule has 0 spiro atoms. The molecule has 1 unspecified atom stereocenters. The quantitative estimate of drug-likeness (QED) is 0.854. The number of aryl methyl sites for hydroxylation is 1. The highest BCUT2D eigenvalue weighted by Gasteiger charge is 2.16. The Morgan fingerprint density at radius 1 is 1.05 bits per heavy atom. The Kier molecular flexibility index (Phi) is 4.56. The van der Waals surface area contributed by atoms with E-state index in [1.165, 1.54) is 18.7 Å². The molecule has 2 N–H and O–H groups in total. The summed E-state index contributed by atoms with van der Waals surface area (Å²) in [5.74, 6) is -1.14. The van der Waals surface area contributed by atoms with Crippen molar-refractivity contribution in [3.05, 3.63) is 65.2 Å². The summed E-state index contributed by atoms with van der Waals surface area (Å²) in [5.41, 5.74) is 6.46. The molecule has 0 fully saturated rings. The van der Waals surface area contributed by atoms with Crippen LogP contribution in [0.25, 0.3) is 0 Å². The van der Waals surface area contributed by atoms with Gasteiger partial charge in [-0.1, -0.05) is 30.3 Å². The minimum Gasteiger partial charge on any atom is -0.323 e. The monoisotopic (exact) mass is 279 g/mol. The molecule has 0 aliphatic heterocycles. The van der Waals surface area contributed by atoms with Crippen molar-refractivity contribution in [2.24, 2.45) is 5.73 Å². The van der Waals surface area contributed by atoms with Crippen molar-refractivity contribution in [2.75, 3.05) is 5.75 Å². The van der Waals surface area contributed by atoms with Gasteiger partial charge in [0.25, 0.3) is 0 Å². The van der Waals surface area contributed by atoms with Crippen molar-refractivity contribution in [3.63, 3.8) is 0 Å². The van der Waals surface area contributed by atoms with E-state index >= 15 is 0 Å². The third kappa shape index (κ3) is 3.33. The minimum absolute atomic E-state index is 0.228. The molecule has 0 amide bonds. The molecule has 0 radical (unpaired) electrons. The van der Waals surface area contributed by atoms with Gasteiger partial charge in [-0.05, 0) is 24.6 Å². The smallest absolute Gasteiger partial charge is 0.163 e. The van der Waals surface area contributed by atoms with Crippen LogP contribution in [0, 0.1) is 18.6 Å². The highest BCUT2D eigenvalue weighted by Crippen LogP contribution is 2.26. The SMILES string of the molecule is Cc1ccc(C(N)CSc2ccccc2)c(F)c1F. The summed E-state index contributed by atoms with van der Waals surface area (Å²) in [6.45, 7) is 1.53. The number of thioether (sulfide) groups is 1. The van der Waals surface area contributed by atoms with E-state index in [-0.39, 0.29) is 5.56 Å². The van der Waals surface area contributed by atoms with Crippen LogP contribution in [0.15, 0.2) is 47.4 Å². The number of benzene rings is 2. The van der Waals surface area contributed by atoms with E-state index in [0.29, 0.717) is 11.3 Å². The Hall–Kier alpha value is -1.39. The maximum absolute atomic E-state index is 13.8. The van der Waals surface area contributed by atoms with E-state index in [2.05, 4.69) is 0 Å². The van der Waals surface area contributed by atoms with Gasteiger partial charge in [-0.25, -0.2) is 8.78 Å². The van der Waals surface area contributed by atoms with E-state index in [4.69, 9.17) is 5.73 Å². The van der Waals surface area contributed by atoms with E-state index in [1.54, 1.807) is 12.1 Å². The fraction of sp³-hybridized carbons (Fsp3) is 0.200. The van der Waals surface area contributed by atoms with Gasteiger partial charge < -0.3 is 5.73 Å². The molecule has 4 heteroatoms. The number of rotatable bonds is 4. The van der Waals surface area contributed by atoms with Gasteiger partial charge in [0.05, 0.1) is 0 Å². The summed E-state index contributed by atoms with van der Waals surface area (Å²) in [4.78, 5) is 1.06. The lowest BCUT2D eigenvalue weighted by molar-refractivity contribution is 0.488. The third-order valence-electron chi connectivity index (χ3n) is 2.88. The predicted molar refractivity (Wildman–Crippen MR) is 75.2 cm³/mol. The number of nitrogens with two attached hydrogens (primary N) is 1. The largest absolute Gasteiger partial charge is 0.323 e. The minimum atomic E-state index is -0.832. The molecule has 0 bridgehead atoms. The Balaban J connectivity index is 2.08. The molecule has 0 heterocycles. The Labute approximate surface area is 115 Å². The molecular formula is C15H15F2NS. The maximum atomic E-state index is 13.8. The summed E-state index contributed by atoms with van der Waals surface area (Å²) in [5, 5.41) is 0. The fourth-order valence-corrected chi connectivity index (χ4v) is 2.64. The molecule has 1 nitrogen and oxygen atoms in total. The fourth-order valence-electron chi connectivity index (χ4n) is 1.74. The number of hydrogen-bond donors (Lipinski definition) is 1. The lowest BCUT2D eigenvalue weighted by Gasteiger charge is -2.13. The zero-order valence-corrected chi connectivity index (χ0v) is 11.4. The summed E-state index contributed by atoms with van der Waals surface area (Å²) >= 11 is 1.53. The summed E-state index contributed by atoms with van der Waals surface area (Å²) < 4.78 is 27.3. The third-order valence-corrected chi connectivity index (χ3v) is 4.01. The molecular weight excluding hydrogens is 264 g/mol. The van der Waals surface area contributed by atoms with Crippen molar-refractivity contribution >= 4 is 11.8 Å². The van der Waals surface area contributed by atoms with Crippen molar-refractivity contribution in [3.8, 4) is 0 Å². The zero-order chi connectivity index (χ0) is 13.8. The Bertz CT molecular complexity index is 558. The van der Waals surface area contributed by atoms with Crippen LogP contribution >= 0.6 is 11.8 Å². The normalized spacial score (nSPS) is 12.4. The first-order valence-corrected chi connectivity index (χ1v) is 6.96. The maximum Gasteiger partial charge on any atom is 0.163 e. The Morgan fingerprint density at radius 3 is 2.42 bits per heavy atom. The molecule has 0 aliphatic rings. The molecule has 100 valence electrons. The molecule has 2 rings (SSSR count). The first-order valence-electron chi connectivity index (χ1n) is 5.97. The first-order chi connectivity index (χ1) is 9.09. The van der Waals surface area contributed by atoms with Crippen LogP contribution in [0.3, 0.4) is 0 Å². The number of hydrogen-bond acceptors (Lipinski definition) is 2. The molecule has 0 aromatic heterocycles. The second kappa shape index (κ2) is 6.17. The van der Waals surface area contributed by atoms with Crippen LogP contribution in [0.2, 0.25) is 0 Å². The Morgan fingerprint density at radius 2 is 1.74 bits per heavy atom. The van der Waals surface area contributed by atoms with Gasteiger partial charge in [0, 0.05) is 22.3 Å². The van der Waals surface area contributed by atoms with Crippen LogP contribution in [-0.4, -0.2) is 5.75 Å². The summed E-state index contributed by atoms with van der Waals surface area (Å²) in [6, 6.07) is 12.3. The standard InChI is InChI=1S/C15H15F2NS/c1-10-7-8-12(15(17)14(10)16)13(18)9-19-11-5-3-2-4-6-11/h2-8,13H,9,18H2,1H3. The van der Waals surface area contributed by atoms with E-state index in [9.17, 15) is 8.78 Å². The second-order valence-corrected chi connectivity index (χ2v) is 5.42. The van der Waals surface area contributed by atoms with Crippen molar-refractivity contribution in [1.29, 1.82) is 0 Å². The van der Waals surface area contributed by atoms with E-state index in [0.717, 1.165) is 4.90 Å². The highest BCUT2D eigenvalue weighted by atomic mass is 32.2. The average Bonchev–Trinajstić information content (AvgIpc) is 2.43. The first kappa shape index (κ1) is 14.0. The zero-order valence-electron chi connectivity index (χ0n) is 10.6. The van der Waals surface area contributed by atoms with Gasteiger partial charge in [-0.3, -0.25) is 0 Å². The molecule has 19 heavy (non-hydrogen) atoms. The number of halogens is 2. The van der Waals surface area contributed by atoms with Gasteiger partial charge in [0.15, 0.2) is 11.6 Å². The van der Waals surface area contributed by atoms with Crippen molar-refractivity contribution < 1.29 is 8.78 Å². The molecule has 0 saturated carbocycles. The lowest BCUT2D eigenvalue weighted by atomic mass is 10.1. The van der Waals surface area contributed by atoms with Crippen molar-refractivity contribution in [2.45, 2.75) is 17.9 Å². The second-order valence-electron chi connectivity index (χ2n) is 4.33. The van der Waals surface area contributed by atoms with Crippen LogP contribution in [-0.2, 0) is 0 Å². The highest BCUT2D eigenvalue weighted by molar-refractivity contribution is 7.99. The summed E-state index contributed by atoms with van der Waals surface area (Å²) in [7, 11) is 0. The van der Waals surface area contributed by atoms with Crippen LogP contribution < -0.4 is 5.73 Å². The van der Waals surface area contributed by atoms with Gasteiger partial charge in [0.2, 0.25) is 0 Å². The average molecular weight is 279 g/mol. The lowest BCUT2D eigenvalue weighted by Crippen LogP contribution is -2.15. The van der Waals surface area contributed by atoms with Gasteiger partial charge in [-0.15, -0.1) is 11.8 Å². The van der Waals surface area contributed by atoms with Crippen molar-refractivity contribution in [1.82, 2.24) is 0 Å².